The van der Waals surface area contributed by atoms with E-state index in [-0.39, 0.29) is 54.8 Å². The smallest absolute Gasteiger partial charge is 0.304 e. The number of thiazole rings is 1. The summed E-state index contributed by atoms with van der Waals surface area (Å²) in [5.41, 5.74) is 0.833. The topological polar surface area (TPSA) is 179 Å². The van der Waals surface area contributed by atoms with Crippen molar-refractivity contribution in [3.63, 3.8) is 0 Å². The maximum absolute atomic E-state index is 14.0. The SMILES string of the molecule is CC(C)CC(NC(=O)C(CCc1ccccc1)NC(=O)Cc1c[nH]c(=O)s1)C(=O)NC(Cc1ccccc1)C(=O)NC(CC(C)C)C(=O)C1(C)CO1. The van der Waals surface area contributed by atoms with E-state index in [1.165, 1.54) is 6.20 Å². The van der Waals surface area contributed by atoms with Crippen LogP contribution in [0.25, 0.3) is 0 Å². The van der Waals surface area contributed by atoms with E-state index in [4.69, 9.17) is 4.74 Å². The monoisotopic (exact) mass is 733 g/mol. The molecular weight excluding hydrogens is 683 g/mol. The number of hydrogen-bond donors (Lipinski definition) is 5. The zero-order valence-corrected chi connectivity index (χ0v) is 31.3. The highest BCUT2D eigenvalue weighted by atomic mass is 32.1. The van der Waals surface area contributed by atoms with Crippen molar-refractivity contribution in [2.45, 2.75) is 103 Å². The molecule has 2 aromatic carbocycles. The number of carbonyl (C=O) groups is 5. The maximum Gasteiger partial charge on any atom is 0.304 e. The molecule has 4 rings (SSSR count). The van der Waals surface area contributed by atoms with Crippen molar-refractivity contribution in [2.24, 2.45) is 11.8 Å². The second kappa shape index (κ2) is 18.7. The van der Waals surface area contributed by atoms with Gasteiger partial charge in [0.05, 0.1) is 19.1 Å². The standard InChI is InChI=1S/C39H51N5O7S/c1-24(2)18-30(34(46)39(5)23-51-39)42-37(49)32(20-27-14-10-7-11-15-27)44-36(48)31(19-25(3)4)43-35(47)29(17-16-26-12-8-6-9-13-26)41-33(45)21-28-22-40-38(50)52-28/h6-15,22,24-25,29-32H,16-21,23H2,1-5H3,(H,40,50)(H,41,45)(H,42,49)(H,43,47)(H,44,48). The molecule has 0 spiro atoms. The molecule has 5 atom stereocenters. The van der Waals surface area contributed by atoms with Crippen molar-refractivity contribution in [3.05, 3.63) is 92.5 Å². The number of nitrogens with one attached hydrogen (secondary N) is 5. The van der Waals surface area contributed by atoms with Crippen LogP contribution in [0.4, 0.5) is 0 Å². The van der Waals surface area contributed by atoms with E-state index in [1.54, 1.807) is 6.92 Å². The first-order valence-corrected chi connectivity index (χ1v) is 18.7. The van der Waals surface area contributed by atoms with Gasteiger partial charge in [-0.3, -0.25) is 28.8 Å². The molecule has 0 radical (unpaired) electrons. The number of hydrogen-bond acceptors (Lipinski definition) is 8. The summed E-state index contributed by atoms with van der Waals surface area (Å²) in [6.45, 7) is 9.75. The van der Waals surface area contributed by atoms with Gasteiger partial charge in [-0.1, -0.05) is 99.7 Å². The lowest BCUT2D eigenvalue weighted by Crippen LogP contribution is -2.59. The number of ether oxygens (including phenoxy) is 1. The highest BCUT2D eigenvalue weighted by molar-refractivity contribution is 7.09. The molecule has 1 aromatic heterocycles. The number of Topliss-reactive ketones (excluding diaryl/α,β-unsaturated/α-hetero) is 1. The van der Waals surface area contributed by atoms with E-state index in [9.17, 15) is 28.8 Å². The average molecular weight is 734 g/mol. The molecule has 0 bridgehead atoms. The highest BCUT2D eigenvalue weighted by Crippen LogP contribution is 2.29. The zero-order valence-electron chi connectivity index (χ0n) is 30.5. The number of epoxide rings is 1. The Morgan fingerprint density at radius 3 is 1.83 bits per heavy atom. The Bertz CT molecular complexity index is 1720. The second-order valence-corrected chi connectivity index (χ2v) is 15.6. The number of rotatable bonds is 20. The molecule has 5 unspecified atom stereocenters. The van der Waals surface area contributed by atoms with Crippen LogP contribution in [0.3, 0.4) is 0 Å². The van der Waals surface area contributed by atoms with Gasteiger partial charge in [0.15, 0.2) is 5.78 Å². The van der Waals surface area contributed by atoms with Gasteiger partial charge < -0.3 is 31.0 Å². The Labute approximate surface area is 308 Å². The minimum absolute atomic E-state index is 0.0153. The number of ketones is 1. The normalized spacial score (nSPS) is 17.4. The zero-order chi connectivity index (χ0) is 37.8. The molecule has 3 aromatic rings. The van der Waals surface area contributed by atoms with Gasteiger partial charge in [0.2, 0.25) is 23.6 Å². The third-order valence-electron chi connectivity index (χ3n) is 8.82. The average Bonchev–Trinajstić information content (AvgIpc) is 3.73. The molecule has 280 valence electrons. The van der Waals surface area contributed by atoms with E-state index in [1.807, 2.05) is 88.4 Å². The number of aromatic nitrogens is 1. The Morgan fingerprint density at radius 2 is 1.27 bits per heavy atom. The number of carbonyl (C=O) groups excluding carboxylic acids is 5. The van der Waals surface area contributed by atoms with Crippen molar-refractivity contribution in [1.29, 1.82) is 0 Å². The summed E-state index contributed by atoms with van der Waals surface area (Å²) in [4.78, 5) is 82.6. The number of amides is 4. The fourth-order valence-corrected chi connectivity index (χ4v) is 6.61. The third-order valence-corrected chi connectivity index (χ3v) is 9.65. The molecule has 1 saturated heterocycles. The van der Waals surface area contributed by atoms with Crippen LogP contribution in [0.1, 0.15) is 69.9 Å². The van der Waals surface area contributed by atoms with Crippen LogP contribution >= 0.6 is 11.3 Å². The minimum atomic E-state index is -1.06. The van der Waals surface area contributed by atoms with Crippen LogP contribution < -0.4 is 26.1 Å². The van der Waals surface area contributed by atoms with Crippen molar-refractivity contribution in [3.8, 4) is 0 Å². The predicted octanol–water partition coefficient (Wildman–Crippen LogP) is 3.24. The van der Waals surface area contributed by atoms with Gasteiger partial charge in [0.1, 0.15) is 23.7 Å². The summed E-state index contributed by atoms with van der Waals surface area (Å²) in [5.74, 6) is -2.19. The summed E-state index contributed by atoms with van der Waals surface area (Å²) < 4.78 is 5.39. The van der Waals surface area contributed by atoms with E-state index >= 15 is 0 Å². The molecule has 13 heteroatoms. The maximum atomic E-state index is 14.0. The lowest BCUT2D eigenvalue weighted by atomic mass is 9.93. The van der Waals surface area contributed by atoms with Crippen molar-refractivity contribution < 1.29 is 28.7 Å². The van der Waals surface area contributed by atoms with Crippen molar-refractivity contribution in [2.75, 3.05) is 6.61 Å². The highest BCUT2D eigenvalue weighted by Gasteiger charge is 2.50. The number of H-pyrrole nitrogens is 1. The summed E-state index contributed by atoms with van der Waals surface area (Å²) in [7, 11) is 0. The van der Waals surface area contributed by atoms with Gasteiger partial charge in [-0.2, -0.15) is 0 Å². The van der Waals surface area contributed by atoms with Crippen LogP contribution in [0.5, 0.6) is 0 Å². The molecule has 1 fully saturated rings. The van der Waals surface area contributed by atoms with E-state index in [2.05, 4.69) is 26.3 Å². The molecule has 0 saturated carbocycles. The first kappa shape index (κ1) is 40.2. The first-order valence-electron chi connectivity index (χ1n) is 17.9. The number of aryl methyl sites for hydroxylation is 1. The molecule has 0 aliphatic carbocycles. The van der Waals surface area contributed by atoms with Gasteiger partial charge >= 0.3 is 4.87 Å². The van der Waals surface area contributed by atoms with Gasteiger partial charge in [-0.25, -0.2) is 0 Å². The second-order valence-electron chi connectivity index (χ2n) is 14.5. The quantitative estimate of drug-likeness (QED) is 0.111. The van der Waals surface area contributed by atoms with E-state index < -0.39 is 53.4 Å². The van der Waals surface area contributed by atoms with Crippen molar-refractivity contribution >= 4 is 40.7 Å². The first-order chi connectivity index (χ1) is 24.7. The summed E-state index contributed by atoms with van der Waals surface area (Å²) in [5, 5.41) is 11.4. The molecule has 52 heavy (non-hydrogen) atoms. The molecular formula is C39H51N5O7S. The fraction of sp³-hybridized carbons (Fsp3) is 0.487. The molecule has 5 N–H and O–H groups in total. The number of benzene rings is 2. The van der Waals surface area contributed by atoms with Crippen molar-refractivity contribution in [1.82, 2.24) is 26.3 Å². The summed E-state index contributed by atoms with van der Waals surface area (Å²) in [6.07, 6.45) is 2.94. The van der Waals surface area contributed by atoms with Crippen LogP contribution in [0.2, 0.25) is 0 Å². The molecule has 4 amide bonds. The molecule has 12 nitrogen and oxygen atoms in total. The summed E-state index contributed by atoms with van der Waals surface area (Å²) in [6, 6.07) is 14.9. The van der Waals surface area contributed by atoms with Crippen LogP contribution in [0.15, 0.2) is 71.7 Å². The van der Waals surface area contributed by atoms with E-state index in [0.29, 0.717) is 17.7 Å². The van der Waals surface area contributed by atoms with Gasteiger partial charge in [-0.05, 0) is 55.6 Å². The molecule has 1 aliphatic rings. The van der Waals surface area contributed by atoms with Crippen LogP contribution in [0, 0.1) is 11.8 Å². The van der Waals surface area contributed by atoms with E-state index in [0.717, 1.165) is 22.5 Å². The minimum Gasteiger partial charge on any atom is -0.361 e. The Hall–Kier alpha value is -4.62. The molecule has 2 heterocycles. The predicted molar refractivity (Wildman–Crippen MR) is 200 cm³/mol. The Balaban J connectivity index is 1.53. The molecule has 1 aliphatic heterocycles. The van der Waals surface area contributed by atoms with Crippen LogP contribution in [-0.4, -0.2) is 70.8 Å². The third kappa shape index (κ3) is 12.6. The van der Waals surface area contributed by atoms with Gasteiger partial charge in [0.25, 0.3) is 0 Å². The Kier molecular flexibility index (Phi) is 14.5. The van der Waals surface area contributed by atoms with Crippen LogP contribution in [-0.2, 0) is 48.0 Å². The lowest BCUT2D eigenvalue weighted by Gasteiger charge is -2.28. The summed E-state index contributed by atoms with van der Waals surface area (Å²) >= 11 is 0.920. The number of aromatic amines is 1. The van der Waals surface area contributed by atoms with Gasteiger partial charge in [0, 0.05) is 17.5 Å². The fourth-order valence-electron chi connectivity index (χ4n) is 5.93. The largest absolute Gasteiger partial charge is 0.361 e. The van der Waals surface area contributed by atoms with Gasteiger partial charge in [-0.15, -0.1) is 0 Å². The Morgan fingerprint density at radius 1 is 0.750 bits per heavy atom. The lowest BCUT2D eigenvalue weighted by molar-refractivity contribution is -0.135.